The number of carbonyl (C=O) groups excluding carboxylic acids is 2. The summed E-state index contributed by atoms with van der Waals surface area (Å²) in [7, 11) is 2.75. The molecule has 0 radical (unpaired) electrons. The maximum absolute atomic E-state index is 12.6. The normalized spacial score (nSPS) is 12.1. The molecule has 0 saturated carbocycles. The van der Waals surface area contributed by atoms with E-state index in [2.05, 4.69) is 5.32 Å². The molecule has 0 aromatic heterocycles. The van der Waals surface area contributed by atoms with E-state index in [1.807, 2.05) is 13.8 Å². The largest absolute Gasteiger partial charge is 0.493 e. The fraction of sp³-hybridized carbons (Fsp3) is 0.600. The summed E-state index contributed by atoms with van der Waals surface area (Å²) in [5.41, 5.74) is -0.871. The van der Waals surface area contributed by atoms with Crippen LogP contribution < -0.4 is 14.8 Å². The molecule has 1 amide bonds. The zero-order valence-electron chi connectivity index (χ0n) is 18.4. The fourth-order valence-electron chi connectivity index (χ4n) is 2.58. The number of amides is 1. The number of rotatable bonds is 9. The Kier molecular flexibility index (Phi) is 8.88. The first-order valence-electron chi connectivity index (χ1n) is 9.43. The van der Waals surface area contributed by atoms with Crippen LogP contribution in [0, 0.1) is 16.0 Å². The number of nitrogens with one attached hydrogen (secondary N) is 1. The molecule has 0 spiro atoms. The lowest BCUT2D eigenvalue weighted by Gasteiger charge is -2.23. The van der Waals surface area contributed by atoms with Crippen LogP contribution in [0.1, 0.15) is 46.6 Å². The van der Waals surface area contributed by atoms with Gasteiger partial charge < -0.3 is 24.3 Å². The lowest BCUT2D eigenvalue weighted by molar-refractivity contribution is -0.385. The summed E-state index contributed by atoms with van der Waals surface area (Å²) in [6, 6.07) is 1.62. The number of benzene rings is 1. The van der Waals surface area contributed by atoms with Gasteiger partial charge in [-0.3, -0.25) is 10.1 Å². The van der Waals surface area contributed by atoms with Crippen LogP contribution in [0.25, 0.3) is 0 Å². The maximum atomic E-state index is 12.6. The zero-order chi connectivity index (χ0) is 23.1. The minimum Gasteiger partial charge on any atom is -0.493 e. The molecule has 1 rings (SSSR count). The standard InChI is InChI=1S/C20H30N2O8/c1-12(2)8-14(21-19(24)30-20(3,4)5)18(23)29-11-13-9-16(27-6)17(28-7)10-15(13)22(25)26/h9-10,12,14H,8,11H2,1-7H3,(H,21,24)/t14-/m0/s1. The predicted molar refractivity (Wildman–Crippen MR) is 109 cm³/mol. The van der Waals surface area contributed by atoms with Crippen LogP contribution in [0.2, 0.25) is 0 Å². The second-order valence-electron chi connectivity index (χ2n) is 8.03. The van der Waals surface area contributed by atoms with Crippen LogP contribution in [-0.4, -0.2) is 42.8 Å². The summed E-state index contributed by atoms with van der Waals surface area (Å²) < 4.78 is 20.7. The fourth-order valence-corrected chi connectivity index (χ4v) is 2.58. The van der Waals surface area contributed by atoms with E-state index in [9.17, 15) is 19.7 Å². The molecule has 0 heterocycles. The van der Waals surface area contributed by atoms with Gasteiger partial charge >= 0.3 is 12.1 Å². The predicted octanol–water partition coefficient (Wildman–Crippen LogP) is 3.59. The van der Waals surface area contributed by atoms with Crippen molar-refractivity contribution in [1.82, 2.24) is 5.32 Å². The van der Waals surface area contributed by atoms with Crippen molar-refractivity contribution in [2.45, 2.75) is 59.3 Å². The van der Waals surface area contributed by atoms with E-state index in [1.54, 1.807) is 20.8 Å². The van der Waals surface area contributed by atoms with Crippen LogP contribution >= 0.6 is 0 Å². The van der Waals surface area contributed by atoms with Gasteiger partial charge in [0.05, 0.1) is 30.8 Å². The minimum absolute atomic E-state index is 0.0768. The highest BCUT2D eigenvalue weighted by molar-refractivity contribution is 5.81. The quantitative estimate of drug-likeness (QED) is 0.361. The number of carbonyl (C=O) groups is 2. The average Bonchev–Trinajstić information content (AvgIpc) is 2.62. The zero-order valence-corrected chi connectivity index (χ0v) is 18.4. The molecule has 10 nitrogen and oxygen atoms in total. The highest BCUT2D eigenvalue weighted by Crippen LogP contribution is 2.34. The third-order valence-corrected chi connectivity index (χ3v) is 3.83. The second-order valence-corrected chi connectivity index (χ2v) is 8.03. The van der Waals surface area contributed by atoms with E-state index in [0.29, 0.717) is 6.42 Å². The average molecular weight is 426 g/mol. The lowest BCUT2D eigenvalue weighted by Crippen LogP contribution is -2.44. The van der Waals surface area contributed by atoms with Crippen molar-refractivity contribution < 1.29 is 33.5 Å². The molecule has 0 aliphatic carbocycles. The van der Waals surface area contributed by atoms with Crippen LogP contribution in [0.5, 0.6) is 11.5 Å². The van der Waals surface area contributed by atoms with Gasteiger partial charge in [-0.25, -0.2) is 9.59 Å². The number of esters is 1. The van der Waals surface area contributed by atoms with Crippen LogP contribution in [0.4, 0.5) is 10.5 Å². The molecular weight excluding hydrogens is 396 g/mol. The number of nitro groups is 1. The Hall–Kier alpha value is -3.04. The first-order valence-corrected chi connectivity index (χ1v) is 9.43. The van der Waals surface area contributed by atoms with E-state index >= 15 is 0 Å². The molecule has 0 fully saturated rings. The molecule has 0 aliphatic rings. The first-order chi connectivity index (χ1) is 13.9. The molecule has 0 aliphatic heterocycles. The number of nitro benzene ring substituents is 1. The van der Waals surface area contributed by atoms with Crippen molar-refractivity contribution in [1.29, 1.82) is 0 Å². The van der Waals surface area contributed by atoms with Gasteiger partial charge in [-0.2, -0.15) is 0 Å². The van der Waals surface area contributed by atoms with Crippen molar-refractivity contribution in [3.05, 3.63) is 27.8 Å². The van der Waals surface area contributed by atoms with Gasteiger partial charge in [0.2, 0.25) is 0 Å². The van der Waals surface area contributed by atoms with Gasteiger partial charge in [-0.05, 0) is 39.2 Å². The molecule has 0 bridgehead atoms. The summed E-state index contributed by atoms with van der Waals surface area (Å²) in [5.74, 6) is -0.199. The molecule has 0 unspecified atom stereocenters. The van der Waals surface area contributed by atoms with Crippen molar-refractivity contribution in [3.63, 3.8) is 0 Å². The Balaban J connectivity index is 2.99. The monoisotopic (exact) mass is 426 g/mol. The van der Waals surface area contributed by atoms with Gasteiger partial charge in [0.25, 0.3) is 5.69 Å². The van der Waals surface area contributed by atoms with E-state index in [0.717, 1.165) is 0 Å². The number of ether oxygens (including phenoxy) is 4. The molecular formula is C20H30N2O8. The van der Waals surface area contributed by atoms with Crippen molar-refractivity contribution in [3.8, 4) is 11.5 Å². The van der Waals surface area contributed by atoms with Gasteiger partial charge in [0.15, 0.2) is 11.5 Å². The van der Waals surface area contributed by atoms with E-state index < -0.39 is 28.6 Å². The second kappa shape index (κ2) is 10.7. The minimum atomic E-state index is -0.959. The van der Waals surface area contributed by atoms with Crippen LogP contribution in [-0.2, 0) is 20.9 Å². The molecule has 168 valence electrons. The molecule has 1 aromatic carbocycles. The summed E-state index contributed by atoms with van der Waals surface area (Å²) in [4.78, 5) is 35.4. The van der Waals surface area contributed by atoms with Crippen LogP contribution in [0.15, 0.2) is 12.1 Å². The number of nitrogens with zero attached hydrogens (tertiary/aromatic N) is 1. The number of alkyl carbamates (subject to hydrolysis) is 1. The Bertz CT molecular complexity index is 771. The lowest BCUT2D eigenvalue weighted by atomic mass is 10.0. The van der Waals surface area contributed by atoms with E-state index in [1.165, 1.54) is 26.4 Å². The molecule has 1 aromatic rings. The highest BCUT2D eigenvalue weighted by Gasteiger charge is 2.27. The summed E-state index contributed by atoms with van der Waals surface area (Å²) in [6.07, 6.45) is -0.436. The smallest absolute Gasteiger partial charge is 0.408 e. The Labute approximate surface area is 176 Å². The Morgan fingerprint density at radius 3 is 2.17 bits per heavy atom. The maximum Gasteiger partial charge on any atom is 0.408 e. The number of methoxy groups -OCH3 is 2. The van der Waals surface area contributed by atoms with Gasteiger partial charge in [-0.1, -0.05) is 13.8 Å². The topological polar surface area (TPSA) is 126 Å². The number of hydrogen-bond acceptors (Lipinski definition) is 8. The van der Waals surface area contributed by atoms with Gasteiger partial charge in [0, 0.05) is 0 Å². The highest BCUT2D eigenvalue weighted by atomic mass is 16.6. The summed E-state index contributed by atoms with van der Waals surface area (Å²) in [6.45, 7) is 8.52. The van der Waals surface area contributed by atoms with E-state index in [4.69, 9.17) is 18.9 Å². The molecule has 1 atom stereocenters. The van der Waals surface area contributed by atoms with Crippen molar-refractivity contribution >= 4 is 17.7 Å². The number of hydrogen-bond donors (Lipinski definition) is 1. The molecule has 30 heavy (non-hydrogen) atoms. The Morgan fingerprint density at radius 2 is 1.70 bits per heavy atom. The van der Waals surface area contributed by atoms with E-state index in [-0.39, 0.29) is 35.3 Å². The molecule has 0 saturated heterocycles. The van der Waals surface area contributed by atoms with Crippen molar-refractivity contribution in [2.24, 2.45) is 5.92 Å². The Morgan fingerprint density at radius 1 is 1.13 bits per heavy atom. The van der Waals surface area contributed by atoms with Crippen LogP contribution in [0.3, 0.4) is 0 Å². The molecule has 10 heteroatoms. The third-order valence-electron chi connectivity index (χ3n) is 3.83. The van der Waals surface area contributed by atoms with Gasteiger partial charge in [-0.15, -0.1) is 0 Å². The van der Waals surface area contributed by atoms with Gasteiger partial charge in [0.1, 0.15) is 18.2 Å². The summed E-state index contributed by atoms with van der Waals surface area (Å²) in [5, 5.41) is 13.9. The first kappa shape index (κ1) is 25.0. The SMILES string of the molecule is COc1cc(COC(=O)[C@H](CC(C)C)NC(=O)OC(C)(C)C)c([N+](=O)[O-])cc1OC. The van der Waals surface area contributed by atoms with Crippen molar-refractivity contribution in [2.75, 3.05) is 14.2 Å². The third kappa shape index (κ3) is 7.76. The summed E-state index contributed by atoms with van der Waals surface area (Å²) >= 11 is 0. The molecule has 1 N–H and O–H groups in total.